The summed E-state index contributed by atoms with van der Waals surface area (Å²) in [5.41, 5.74) is 0.921. The van der Waals surface area contributed by atoms with Gasteiger partial charge in [-0.2, -0.15) is 0 Å². The minimum Gasteiger partial charge on any atom is -0.403 e. The summed E-state index contributed by atoms with van der Waals surface area (Å²) in [4.78, 5) is 16.3. The van der Waals surface area contributed by atoms with Crippen LogP contribution in [0, 0.1) is 3.57 Å². The van der Waals surface area contributed by atoms with Gasteiger partial charge in [0.1, 0.15) is 0 Å². The summed E-state index contributed by atoms with van der Waals surface area (Å²) in [6, 6.07) is 12.6. The summed E-state index contributed by atoms with van der Waals surface area (Å²) >= 11 is 8.07. The Labute approximate surface area is 127 Å². The van der Waals surface area contributed by atoms with E-state index in [9.17, 15) is 4.79 Å². The summed E-state index contributed by atoms with van der Waals surface area (Å²) < 4.78 is 6.35. The highest BCUT2D eigenvalue weighted by atomic mass is 127. The molecule has 0 fully saturated rings. The van der Waals surface area contributed by atoms with Gasteiger partial charge in [-0.1, -0.05) is 11.6 Å². The molecule has 1 heterocycles. The van der Waals surface area contributed by atoms with E-state index in [1.165, 1.54) is 0 Å². The monoisotopic (exact) mass is 383 g/mol. The van der Waals surface area contributed by atoms with Crippen molar-refractivity contribution >= 4 is 45.1 Å². The van der Waals surface area contributed by atoms with E-state index in [4.69, 9.17) is 16.0 Å². The first-order valence-corrected chi connectivity index (χ1v) is 6.95. The number of aromatic nitrogens is 1. The molecule has 5 heteroatoms. The maximum atomic E-state index is 11.9. The maximum absolute atomic E-state index is 11.9. The molecule has 0 N–H and O–H groups in total. The first kappa shape index (κ1) is 12.6. The Balaban J connectivity index is 2.24. The normalized spacial score (nSPS) is 10.8. The maximum Gasteiger partial charge on any atom is 0.347 e. The molecule has 0 saturated carbocycles. The lowest BCUT2D eigenvalue weighted by molar-refractivity contribution is 0.518. The van der Waals surface area contributed by atoms with Crippen LogP contribution >= 0.6 is 34.2 Å². The molecule has 0 unspecified atom stereocenters. The van der Waals surface area contributed by atoms with E-state index in [0.717, 1.165) is 9.13 Å². The average Bonchev–Trinajstić information content (AvgIpc) is 2.40. The minimum absolute atomic E-state index is 0.316. The zero-order chi connectivity index (χ0) is 13.4. The summed E-state index contributed by atoms with van der Waals surface area (Å²) in [7, 11) is 0. The van der Waals surface area contributed by atoms with Crippen molar-refractivity contribution in [3.63, 3.8) is 0 Å². The van der Waals surface area contributed by atoms with Gasteiger partial charge in [0.15, 0.2) is 0 Å². The summed E-state index contributed by atoms with van der Waals surface area (Å²) in [5.74, 6) is 0.316. The molecule has 0 saturated heterocycles. The van der Waals surface area contributed by atoms with Crippen molar-refractivity contribution < 1.29 is 4.42 Å². The second-order valence-corrected chi connectivity index (χ2v) is 5.66. The second kappa shape index (κ2) is 4.94. The predicted molar refractivity (Wildman–Crippen MR) is 83.4 cm³/mol. The van der Waals surface area contributed by atoms with Crippen LogP contribution in [-0.4, -0.2) is 4.98 Å². The van der Waals surface area contributed by atoms with Crippen molar-refractivity contribution in [1.29, 1.82) is 0 Å². The van der Waals surface area contributed by atoms with E-state index >= 15 is 0 Å². The number of hydrogen-bond acceptors (Lipinski definition) is 3. The van der Waals surface area contributed by atoms with Crippen LogP contribution in [0.5, 0.6) is 0 Å². The highest BCUT2D eigenvalue weighted by Gasteiger charge is 2.08. The highest BCUT2D eigenvalue weighted by molar-refractivity contribution is 14.1. The predicted octanol–water partition coefficient (Wildman–Crippen LogP) is 4.11. The fourth-order valence-electron chi connectivity index (χ4n) is 1.76. The standard InChI is InChI=1S/C14H7ClINO2/c15-9-3-6-12-11(7-9)14(18)19-13(17-12)8-1-4-10(16)5-2-8/h1-7H. The summed E-state index contributed by atoms with van der Waals surface area (Å²) in [6.07, 6.45) is 0. The third-order valence-corrected chi connectivity index (χ3v) is 3.64. The number of hydrogen-bond donors (Lipinski definition) is 0. The molecule has 0 atom stereocenters. The molecule has 0 spiro atoms. The van der Waals surface area contributed by atoms with Crippen molar-refractivity contribution in [3.8, 4) is 11.5 Å². The van der Waals surface area contributed by atoms with Crippen LogP contribution in [0.1, 0.15) is 0 Å². The molecule has 0 aliphatic carbocycles. The van der Waals surface area contributed by atoms with E-state index in [2.05, 4.69) is 27.6 Å². The largest absolute Gasteiger partial charge is 0.403 e. The molecular weight excluding hydrogens is 377 g/mol. The lowest BCUT2D eigenvalue weighted by Gasteiger charge is -2.02. The molecule has 0 aliphatic heterocycles. The van der Waals surface area contributed by atoms with E-state index in [1.54, 1.807) is 18.2 Å². The number of nitrogens with zero attached hydrogens (tertiary/aromatic N) is 1. The molecule has 0 amide bonds. The van der Waals surface area contributed by atoms with E-state index < -0.39 is 5.63 Å². The molecule has 0 aliphatic rings. The number of halogens is 2. The van der Waals surface area contributed by atoms with Gasteiger partial charge in [0.05, 0.1) is 10.9 Å². The minimum atomic E-state index is -0.430. The molecule has 3 nitrogen and oxygen atoms in total. The molecule has 3 aromatic rings. The smallest absolute Gasteiger partial charge is 0.347 e. The topological polar surface area (TPSA) is 43.1 Å². The molecule has 94 valence electrons. The van der Waals surface area contributed by atoms with Gasteiger partial charge in [0.25, 0.3) is 0 Å². The molecule has 2 aromatic carbocycles. The van der Waals surface area contributed by atoms with Gasteiger partial charge < -0.3 is 4.42 Å². The molecule has 1 aromatic heterocycles. The van der Waals surface area contributed by atoms with Crippen molar-refractivity contribution in [3.05, 3.63) is 61.5 Å². The quantitative estimate of drug-likeness (QED) is 0.594. The van der Waals surface area contributed by atoms with Crippen LogP contribution in [0.4, 0.5) is 0 Å². The van der Waals surface area contributed by atoms with Gasteiger partial charge in [-0.3, -0.25) is 0 Å². The Morgan fingerprint density at radius 1 is 1.11 bits per heavy atom. The van der Waals surface area contributed by atoms with Crippen LogP contribution in [0.25, 0.3) is 22.4 Å². The molecule has 3 rings (SSSR count). The van der Waals surface area contributed by atoms with Gasteiger partial charge in [0, 0.05) is 14.2 Å². The summed E-state index contributed by atoms with van der Waals surface area (Å²) in [6.45, 7) is 0. The fourth-order valence-corrected chi connectivity index (χ4v) is 2.29. The summed E-state index contributed by atoms with van der Waals surface area (Å²) in [5, 5.41) is 0.880. The first-order chi connectivity index (χ1) is 9.13. The van der Waals surface area contributed by atoms with Gasteiger partial charge in [-0.15, -0.1) is 0 Å². The fraction of sp³-hybridized carbons (Fsp3) is 0. The number of rotatable bonds is 1. The van der Waals surface area contributed by atoms with E-state index in [0.29, 0.717) is 21.8 Å². The Hall–Kier alpha value is -1.40. The van der Waals surface area contributed by atoms with Gasteiger partial charge in [-0.25, -0.2) is 9.78 Å². The number of benzene rings is 2. The Kier molecular flexibility index (Phi) is 3.28. The Morgan fingerprint density at radius 2 is 1.84 bits per heavy atom. The van der Waals surface area contributed by atoms with Gasteiger partial charge >= 0.3 is 5.63 Å². The highest BCUT2D eigenvalue weighted by Crippen LogP contribution is 2.21. The van der Waals surface area contributed by atoms with Crippen LogP contribution in [-0.2, 0) is 0 Å². The average molecular weight is 384 g/mol. The SMILES string of the molecule is O=c1oc(-c2ccc(I)cc2)nc2ccc(Cl)cc12. The number of fused-ring (bicyclic) bond motifs is 1. The van der Waals surface area contributed by atoms with Gasteiger partial charge in [-0.05, 0) is 65.1 Å². The van der Waals surface area contributed by atoms with E-state index in [1.807, 2.05) is 24.3 Å². The van der Waals surface area contributed by atoms with E-state index in [-0.39, 0.29) is 0 Å². The first-order valence-electron chi connectivity index (χ1n) is 5.50. The van der Waals surface area contributed by atoms with Gasteiger partial charge in [0.2, 0.25) is 5.89 Å². The second-order valence-electron chi connectivity index (χ2n) is 3.97. The van der Waals surface area contributed by atoms with Crippen LogP contribution < -0.4 is 5.63 Å². The van der Waals surface area contributed by atoms with Crippen molar-refractivity contribution in [2.75, 3.05) is 0 Å². The van der Waals surface area contributed by atoms with Crippen molar-refractivity contribution in [2.24, 2.45) is 0 Å². The van der Waals surface area contributed by atoms with Crippen LogP contribution in [0.2, 0.25) is 5.02 Å². The molecule has 0 bridgehead atoms. The molecule has 19 heavy (non-hydrogen) atoms. The van der Waals surface area contributed by atoms with Crippen molar-refractivity contribution in [2.45, 2.75) is 0 Å². The molecule has 0 radical (unpaired) electrons. The zero-order valence-electron chi connectivity index (χ0n) is 9.56. The Morgan fingerprint density at radius 3 is 2.58 bits per heavy atom. The third kappa shape index (κ3) is 2.50. The Bertz CT molecular complexity index is 812. The molecular formula is C14H7ClINO2. The van der Waals surface area contributed by atoms with Crippen LogP contribution in [0.3, 0.4) is 0 Å². The lowest BCUT2D eigenvalue weighted by Crippen LogP contribution is -2.02. The van der Waals surface area contributed by atoms with Crippen LogP contribution in [0.15, 0.2) is 51.7 Å². The zero-order valence-corrected chi connectivity index (χ0v) is 12.5. The van der Waals surface area contributed by atoms with Crippen molar-refractivity contribution in [1.82, 2.24) is 4.98 Å². The third-order valence-electron chi connectivity index (χ3n) is 2.68. The lowest BCUT2D eigenvalue weighted by atomic mass is 10.2.